The fourth-order valence-corrected chi connectivity index (χ4v) is 1.41. The van der Waals surface area contributed by atoms with Crippen LogP contribution in [0.15, 0.2) is 18.2 Å². The van der Waals surface area contributed by atoms with Gasteiger partial charge in [0.1, 0.15) is 0 Å². The fraction of sp³-hybridized carbons (Fsp3) is 0.462. The molecule has 0 saturated carbocycles. The normalized spacial score (nSPS) is 10.9. The summed E-state index contributed by atoms with van der Waals surface area (Å²) in [6.45, 7) is 7.27. The van der Waals surface area contributed by atoms with E-state index in [2.05, 4.69) is 39.0 Å². The number of aryl methyl sites for hydroxylation is 2. The van der Waals surface area contributed by atoms with Crippen LogP contribution >= 0.6 is 0 Å². The molecule has 0 saturated heterocycles. The van der Waals surface area contributed by atoms with Crippen LogP contribution in [0, 0.1) is 19.8 Å². The lowest BCUT2D eigenvalue weighted by molar-refractivity contribution is 0.199. The van der Waals surface area contributed by atoms with Gasteiger partial charge in [0.05, 0.1) is 0 Å². The smallest absolute Gasteiger partial charge is 0.0470 e. The van der Waals surface area contributed by atoms with Crippen molar-refractivity contribution in [3.8, 4) is 0 Å². The number of methoxy groups -OCH3 is 1. The van der Waals surface area contributed by atoms with E-state index in [0.29, 0.717) is 0 Å². The lowest BCUT2D eigenvalue weighted by Crippen LogP contribution is -2.00. The Hall–Kier alpha value is -0.820. The van der Waals surface area contributed by atoms with Crippen LogP contribution in [0.4, 0.5) is 0 Å². The summed E-state index contributed by atoms with van der Waals surface area (Å²) in [6, 6.07) is 6.62. The highest BCUT2D eigenvalue weighted by Gasteiger charge is 2.06. The second-order valence-corrected chi connectivity index (χ2v) is 3.82. The van der Waals surface area contributed by atoms with Crippen LogP contribution in [-0.2, 0) is 4.74 Å². The molecular weight excluding hydrogens is 172 g/mol. The Kier molecular flexibility index (Phi) is 4.15. The van der Waals surface area contributed by atoms with Crippen LogP contribution in [0.25, 0.3) is 0 Å². The largest absolute Gasteiger partial charge is 0.385 e. The van der Waals surface area contributed by atoms with Crippen molar-refractivity contribution in [2.75, 3.05) is 13.7 Å². The molecule has 1 aromatic rings. The molecule has 0 fully saturated rings. The fourth-order valence-electron chi connectivity index (χ4n) is 1.41. The van der Waals surface area contributed by atoms with Gasteiger partial charge in [-0.15, -0.1) is 0 Å². The van der Waals surface area contributed by atoms with E-state index in [9.17, 15) is 0 Å². The predicted octanol–water partition coefficient (Wildman–Crippen LogP) is 3.28. The molecule has 0 atom stereocenters. The van der Waals surface area contributed by atoms with Crippen molar-refractivity contribution in [3.63, 3.8) is 0 Å². The number of hydrogen-bond acceptors (Lipinski definition) is 1. The molecule has 1 nitrogen and oxygen atoms in total. The molecule has 77 valence electrons. The van der Waals surface area contributed by atoms with Crippen LogP contribution in [0.2, 0.25) is 0 Å². The lowest BCUT2D eigenvalue weighted by atomic mass is 9.95. The molecule has 1 radical (unpaired) electrons. The second kappa shape index (κ2) is 5.16. The van der Waals surface area contributed by atoms with Crippen molar-refractivity contribution < 1.29 is 4.74 Å². The van der Waals surface area contributed by atoms with Crippen molar-refractivity contribution in [2.45, 2.75) is 27.2 Å². The first-order valence-electron chi connectivity index (χ1n) is 5.04. The molecule has 1 rings (SSSR count). The van der Waals surface area contributed by atoms with E-state index >= 15 is 0 Å². The highest BCUT2D eigenvalue weighted by atomic mass is 16.5. The molecule has 0 bridgehead atoms. The van der Waals surface area contributed by atoms with Gasteiger partial charge in [-0.2, -0.15) is 0 Å². The first-order chi connectivity index (χ1) is 6.65. The maximum Gasteiger partial charge on any atom is 0.0470 e. The molecule has 0 N–H and O–H groups in total. The zero-order valence-electron chi connectivity index (χ0n) is 9.55. The zero-order chi connectivity index (χ0) is 10.6. The van der Waals surface area contributed by atoms with E-state index in [1.165, 1.54) is 22.6 Å². The minimum Gasteiger partial charge on any atom is -0.385 e. The average Bonchev–Trinajstić information content (AvgIpc) is 2.18. The molecule has 0 unspecified atom stereocenters. The third kappa shape index (κ3) is 2.85. The third-order valence-corrected chi connectivity index (χ3v) is 2.68. The molecule has 1 heteroatoms. The molecule has 0 aliphatic heterocycles. The van der Waals surface area contributed by atoms with Crippen LogP contribution in [-0.4, -0.2) is 13.7 Å². The first kappa shape index (κ1) is 11.3. The van der Waals surface area contributed by atoms with E-state index < -0.39 is 0 Å². The second-order valence-electron chi connectivity index (χ2n) is 3.82. The zero-order valence-corrected chi connectivity index (χ0v) is 9.55. The van der Waals surface area contributed by atoms with E-state index in [1.54, 1.807) is 7.11 Å². The van der Waals surface area contributed by atoms with Gasteiger partial charge in [-0.25, -0.2) is 0 Å². The summed E-state index contributed by atoms with van der Waals surface area (Å²) in [5, 5.41) is 0. The molecule has 1 aromatic carbocycles. The Morgan fingerprint density at radius 2 is 1.93 bits per heavy atom. The molecule has 0 amide bonds. The van der Waals surface area contributed by atoms with Crippen molar-refractivity contribution in [1.82, 2.24) is 0 Å². The van der Waals surface area contributed by atoms with Gasteiger partial charge in [0.15, 0.2) is 0 Å². The topological polar surface area (TPSA) is 9.23 Å². The Morgan fingerprint density at radius 3 is 2.50 bits per heavy atom. The Balaban J connectivity index is 2.70. The summed E-state index contributed by atoms with van der Waals surface area (Å²) >= 11 is 0. The molecule has 0 aromatic heterocycles. The Labute approximate surface area is 87.1 Å². The maximum atomic E-state index is 5.07. The Morgan fingerprint density at radius 1 is 1.21 bits per heavy atom. The first-order valence-corrected chi connectivity index (χ1v) is 5.04. The molecule has 0 aliphatic rings. The van der Waals surface area contributed by atoms with Crippen molar-refractivity contribution in [2.24, 2.45) is 0 Å². The summed E-state index contributed by atoms with van der Waals surface area (Å²) < 4.78 is 5.07. The maximum absolute atomic E-state index is 5.07. The number of hydrogen-bond donors (Lipinski definition) is 0. The van der Waals surface area contributed by atoms with Gasteiger partial charge < -0.3 is 4.74 Å². The summed E-state index contributed by atoms with van der Waals surface area (Å²) in [5.74, 6) is 1.40. The average molecular weight is 191 g/mol. The quantitative estimate of drug-likeness (QED) is 0.709. The summed E-state index contributed by atoms with van der Waals surface area (Å²) in [7, 11) is 1.74. The summed E-state index contributed by atoms with van der Waals surface area (Å²) in [4.78, 5) is 0. The monoisotopic (exact) mass is 191 g/mol. The van der Waals surface area contributed by atoms with Gasteiger partial charge in [0, 0.05) is 19.6 Å². The molecule has 0 heterocycles. The van der Waals surface area contributed by atoms with Gasteiger partial charge in [-0.05, 0) is 37.0 Å². The predicted molar refractivity (Wildman–Crippen MR) is 60.4 cm³/mol. The highest BCUT2D eigenvalue weighted by Crippen LogP contribution is 2.20. The molecule has 14 heavy (non-hydrogen) atoms. The number of rotatable bonds is 4. The van der Waals surface area contributed by atoms with Gasteiger partial charge >= 0.3 is 0 Å². The van der Waals surface area contributed by atoms with Gasteiger partial charge in [-0.1, -0.05) is 25.1 Å². The summed E-state index contributed by atoms with van der Waals surface area (Å²) in [6.07, 6.45) is 1.01. The minimum atomic E-state index is 0.804. The minimum absolute atomic E-state index is 0.804. The molecule has 0 spiro atoms. The Bertz CT molecular complexity index is 291. The van der Waals surface area contributed by atoms with Gasteiger partial charge in [-0.3, -0.25) is 0 Å². The van der Waals surface area contributed by atoms with Crippen molar-refractivity contribution in [3.05, 3.63) is 40.8 Å². The standard InChI is InChI=1S/C13H19O/c1-10-5-6-13(9-12(10)3)11(2)7-8-14-4/h5-6,9H,7-8H2,1-4H3. The van der Waals surface area contributed by atoms with Crippen LogP contribution in [0.5, 0.6) is 0 Å². The van der Waals surface area contributed by atoms with E-state index in [0.717, 1.165) is 13.0 Å². The number of benzene rings is 1. The summed E-state index contributed by atoms with van der Waals surface area (Å²) in [5.41, 5.74) is 4.05. The van der Waals surface area contributed by atoms with Crippen LogP contribution in [0.1, 0.15) is 30.0 Å². The lowest BCUT2D eigenvalue weighted by Gasteiger charge is -2.12. The van der Waals surface area contributed by atoms with Crippen molar-refractivity contribution in [1.29, 1.82) is 0 Å². The van der Waals surface area contributed by atoms with Gasteiger partial charge in [0.2, 0.25) is 0 Å². The van der Waals surface area contributed by atoms with Crippen molar-refractivity contribution >= 4 is 0 Å². The SMILES string of the molecule is COCC[C](C)c1ccc(C)c(C)c1. The van der Waals surface area contributed by atoms with E-state index in [1.807, 2.05) is 0 Å². The van der Waals surface area contributed by atoms with E-state index in [4.69, 9.17) is 4.74 Å². The molecular formula is C13H19O. The highest BCUT2D eigenvalue weighted by molar-refractivity contribution is 5.36. The molecule has 0 aliphatic carbocycles. The number of ether oxygens (including phenoxy) is 1. The van der Waals surface area contributed by atoms with Crippen LogP contribution < -0.4 is 0 Å². The van der Waals surface area contributed by atoms with E-state index in [-0.39, 0.29) is 0 Å². The third-order valence-electron chi connectivity index (χ3n) is 2.68. The van der Waals surface area contributed by atoms with Gasteiger partial charge in [0.25, 0.3) is 0 Å². The van der Waals surface area contributed by atoms with Crippen LogP contribution in [0.3, 0.4) is 0 Å².